The zero-order valence-corrected chi connectivity index (χ0v) is 12.7. The summed E-state index contributed by atoms with van der Waals surface area (Å²) in [4.78, 5) is 24.7. The fraction of sp³-hybridized carbons (Fsp3) is 0.333. The average molecular weight is 317 g/mol. The van der Waals surface area contributed by atoms with Crippen molar-refractivity contribution in [3.8, 4) is 0 Å². The van der Waals surface area contributed by atoms with Gasteiger partial charge >= 0.3 is 0 Å². The molecule has 114 valence electrons. The van der Waals surface area contributed by atoms with Crippen LogP contribution >= 0.6 is 11.8 Å². The summed E-state index contributed by atoms with van der Waals surface area (Å²) < 4.78 is 5.51. The van der Waals surface area contributed by atoms with E-state index in [-0.39, 0.29) is 17.6 Å². The van der Waals surface area contributed by atoms with Crippen LogP contribution in [0.3, 0.4) is 0 Å². The van der Waals surface area contributed by atoms with Gasteiger partial charge in [0.1, 0.15) is 0 Å². The molecule has 0 radical (unpaired) electrons. The molecule has 0 unspecified atom stereocenters. The molecule has 1 saturated heterocycles. The second-order valence-corrected chi connectivity index (χ2v) is 5.88. The standard InChI is InChI=1S/C15H15N3O3S/c19-13-7-4-8-18(13)14(20)10-22-15-17-16-12(21-15)9-11-5-2-1-3-6-11/h1-3,5-6H,4,7-10H2. The smallest absolute Gasteiger partial charge is 0.277 e. The Labute approximate surface area is 131 Å². The van der Waals surface area contributed by atoms with Crippen LogP contribution < -0.4 is 0 Å². The van der Waals surface area contributed by atoms with Gasteiger partial charge in [-0.3, -0.25) is 14.5 Å². The maximum Gasteiger partial charge on any atom is 0.277 e. The maximum absolute atomic E-state index is 11.9. The molecule has 0 saturated carbocycles. The zero-order valence-electron chi connectivity index (χ0n) is 11.9. The van der Waals surface area contributed by atoms with Crippen LogP contribution in [0.1, 0.15) is 24.3 Å². The number of hydrogen-bond donors (Lipinski definition) is 0. The lowest BCUT2D eigenvalue weighted by atomic mass is 10.2. The van der Waals surface area contributed by atoms with E-state index in [0.29, 0.717) is 30.5 Å². The van der Waals surface area contributed by atoms with E-state index < -0.39 is 0 Å². The largest absolute Gasteiger partial charge is 0.416 e. The second-order valence-electron chi connectivity index (χ2n) is 4.96. The Balaban J connectivity index is 1.53. The summed E-state index contributed by atoms with van der Waals surface area (Å²) in [5.41, 5.74) is 1.08. The Kier molecular flexibility index (Phi) is 4.53. The minimum Gasteiger partial charge on any atom is -0.416 e. The Bertz CT molecular complexity index is 672. The first-order valence-electron chi connectivity index (χ1n) is 7.04. The van der Waals surface area contributed by atoms with Crippen molar-refractivity contribution in [3.63, 3.8) is 0 Å². The highest BCUT2D eigenvalue weighted by Crippen LogP contribution is 2.19. The summed E-state index contributed by atoms with van der Waals surface area (Å²) in [7, 11) is 0. The average Bonchev–Trinajstić information content (AvgIpc) is 3.15. The van der Waals surface area contributed by atoms with E-state index >= 15 is 0 Å². The first kappa shape index (κ1) is 14.8. The van der Waals surface area contributed by atoms with Crippen molar-refractivity contribution in [2.45, 2.75) is 24.5 Å². The van der Waals surface area contributed by atoms with Crippen molar-refractivity contribution in [3.05, 3.63) is 41.8 Å². The molecule has 1 fully saturated rings. The predicted molar refractivity (Wildman–Crippen MR) is 80.2 cm³/mol. The van der Waals surface area contributed by atoms with Crippen molar-refractivity contribution < 1.29 is 14.0 Å². The molecule has 1 aliphatic rings. The van der Waals surface area contributed by atoms with Crippen LogP contribution in [0, 0.1) is 0 Å². The lowest BCUT2D eigenvalue weighted by Crippen LogP contribution is -2.33. The molecule has 22 heavy (non-hydrogen) atoms. The molecule has 1 aliphatic heterocycles. The molecule has 0 aliphatic carbocycles. The van der Waals surface area contributed by atoms with Crippen LogP contribution in [-0.4, -0.2) is 39.2 Å². The number of likely N-dealkylation sites (tertiary alicyclic amines) is 1. The molecule has 3 rings (SSSR count). The van der Waals surface area contributed by atoms with Crippen LogP contribution in [0.2, 0.25) is 0 Å². The number of rotatable bonds is 5. The van der Waals surface area contributed by atoms with Crippen molar-refractivity contribution in [1.29, 1.82) is 0 Å². The molecule has 1 aromatic heterocycles. The van der Waals surface area contributed by atoms with Crippen LogP contribution in [0.25, 0.3) is 0 Å². The lowest BCUT2D eigenvalue weighted by Gasteiger charge is -2.11. The minimum atomic E-state index is -0.199. The third-order valence-electron chi connectivity index (χ3n) is 3.34. The van der Waals surface area contributed by atoms with Gasteiger partial charge in [-0.05, 0) is 12.0 Å². The number of carbonyl (C=O) groups excluding carboxylic acids is 2. The van der Waals surface area contributed by atoms with Gasteiger partial charge in [0.25, 0.3) is 5.22 Å². The van der Waals surface area contributed by atoms with Crippen molar-refractivity contribution in [2.24, 2.45) is 0 Å². The third kappa shape index (κ3) is 3.54. The van der Waals surface area contributed by atoms with Gasteiger partial charge in [0.05, 0.1) is 12.2 Å². The highest BCUT2D eigenvalue weighted by atomic mass is 32.2. The molecular formula is C15H15N3O3S. The quantitative estimate of drug-likeness (QED) is 0.784. The van der Waals surface area contributed by atoms with E-state index in [2.05, 4.69) is 10.2 Å². The minimum absolute atomic E-state index is 0.0964. The van der Waals surface area contributed by atoms with Crippen molar-refractivity contribution in [2.75, 3.05) is 12.3 Å². The monoisotopic (exact) mass is 317 g/mol. The molecule has 7 heteroatoms. The Morgan fingerprint density at radius 3 is 2.82 bits per heavy atom. The molecule has 0 atom stereocenters. The molecule has 6 nitrogen and oxygen atoms in total. The number of nitrogens with zero attached hydrogens (tertiary/aromatic N) is 3. The van der Waals surface area contributed by atoms with Gasteiger partial charge in [-0.25, -0.2) is 0 Å². The summed E-state index contributed by atoms with van der Waals surface area (Å²) >= 11 is 1.17. The number of imide groups is 1. The van der Waals surface area contributed by atoms with Crippen LogP contribution in [0.5, 0.6) is 0 Å². The van der Waals surface area contributed by atoms with E-state index in [9.17, 15) is 9.59 Å². The summed E-state index contributed by atoms with van der Waals surface area (Å²) in [5, 5.41) is 8.25. The SMILES string of the molecule is O=C1CCCN1C(=O)CSc1nnc(Cc2ccccc2)o1. The number of benzene rings is 1. The van der Waals surface area contributed by atoms with Gasteiger partial charge in [0, 0.05) is 13.0 Å². The maximum atomic E-state index is 11.9. The fourth-order valence-corrected chi connectivity index (χ4v) is 2.91. The van der Waals surface area contributed by atoms with Gasteiger partial charge in [0.15, 0.2) is 0 Å². The molecule has 0 bridgehead atoms. The first-order valence-corrected chi connectivity index (χ1v) is 8.03. The van der Waals surface area contributed by atoms with Crippen molar-refractivity contribution >= 4 is 23.6 Å². The van der Waals surface area contributed by atoms with E-state index in [1.54, 1.807) is 0 Å². The number of aromatic nitrogens is 2. The number of amides is 2. The van der Waals surface area contributed by atoms with E-state index in [4.69, 9.17) is 4.42 Å². The highest BCUT2D eigenvalue weighted by Gasteiger charge is 2.26. The normalized spacial score (nSPS) is 14.5. The first-order chi connectivity index (χ1) is 10.7. The molecule has 2 amide bonds. The zero-order chi connectivity index (χ0) is 15.4. The van der Waals surface area contributed by atoms with E-state index in [1.165, 1.54) is 16.7 Å². The Morgan fingerprint density at radius 1 is 1.27 bits per heavy atom. The van der Waals surface area contributed by atoms with Crippen molar-refractivity contribution in [1.82, 2.24) is 15.1 Å². The summed E-state index contributed by atoms with van der Waals surface area (Å²) in [6, 6.07) is 9.82. The number of carbonyl (C=O) groups is 2. The third-order valence-corrected chi connectivity index (χ3v) is 4.14. The van der Waals surface area contributed by atoms with Gasteiger partial charge in [-0.1, -0.05) is 42.1 Å². The van der Waals surface area contributed by atoms with Crippen LogP contribution in [0.4, 0.5) is 0 Å². The van der Waals surface area contributed by atoms with E-state index in [1.807, 2.05) is 30.3 Å². The molecule has 2 heterocycles. The molecular weight excluding hydrogens is 302 g/mol. The highest BCUT2D eigenvalue weighted by molar-refractivity contribution is 7.99. The summed E-state index contributed by atoms with van der Waals surface area (Å²) in [6.45, 7) is 0.515. The van der Waals surface area contributed by atoms with Gasteiger partial charge in [0.2, 0.25) is 17.7 Å². The lowest BCUT2D eigenvalue weighted by molar-refractivity contribution is -0.140. The molecule has 1 aromatic carbocycles. The van der Waals surface area contributed by atoms with E-state index in [0.717, 1.165) is 12.0 Å². The number of thioether (sulfide) groups is 1. The topological polar surface area (TPSA) is 76.3 Å². The summed E-state index contributed by atoms with van der Waals surface area (Å²) in [6.07, 6.45) is 1.77. The van der Waals surface area contributed by atoms with Gasteiger partial charge in [-0.2, -0.15) is 0 Å². The fourth-order valence-electron chi connectivity index (χ4n) is 2.25. The molecule has 2 aromatic rings. The second kappa shape index (κ2) is 6.74. The van der Waals surface area contributed by atoms with Crippen LogP contribution in [-0.2, 0) is 16.0 Å². The van der Waals surface area contributed by atoms with Gasteiger partial charge < -0.3 is 4.42 Å². The Morgan fingerprint density at radius 2 is 2.09 bits per heavy atom. The van der Waals surface area contributed by atoms with Crippen LogP contribution in [0.15, 0.2) is 40.0 Å². The predicted octanol–water partition coefficient (Wildman–Crippen LogP) is 1.90. The Hall–Kier alpha value is -2.15. The summed E-state index contributed by atoms with van der Waals surface area (Å²) in [5.74, 6) is 0.355. The van der Waals surface area contributed by atoms with Gasteiger partial charge in [-0.15, -0.1) is 10.2 Å². The number of hydrogen-bond acceptors (Lipinski definition) is 6. The molecule has 0 spiro atoms. The molecule has 0 N–H and O–H groups in total.